The maximum absolute atomic E-state index is 10.7. The third-order valence-electron chi connectivity index (χ3n) is 4.12. The van der Waals surface area contributed by atoms with Gasteiger partial charge in [0.1, 0.15) is 0 Å². The number of carboxylic acid groups (broad SMARTS) is 1. The minimum Gasteiger partial charge on any atom is -0.478 e. The molecule has 0 bridgehead atoms. The molecule has 2 aromatic rings. The van der Waals surface area contributed by atoms with Gasteiger partial charge in [-0.1, -0.05) is 31.9 Å². The van der Waals surface area contributed by atoms with Crippen LogP contribution in [0.2, 0.25) is 0 Å². The summed E-state index contributed by atoms with van der Waals surface area (Å²) in [7, 11) is 0. The molecule has 2 rings (SSSR count). The molecule has 0 radical (unpaired) electrons. The molecule has 0 amide bonds. The number of fused-ring (bicyclic) bond motifs is 1. The lowest BCUT2D eigenvalue weighted by Crippen LogP contribution is -2.06. The van der Waals surface area contributed by atoms with Crippen LogP contribution in [-0.2, 0) is 11.2 Å². The van der Waals surface area contributed by atoms with Crippen LogP contribution in [0.4, 0.5) is 0 Å². The van der Waals surface area contributed by atoms with E-state index >= 15 is 0 Å². The van der Waals surface area contributed by atoms with E-state index < -0.39 is 5.97 Å². The molecule has 3 nitrogen and oxygen atoms in total. The Hall–Kier alpha value is -2.03. The first-order valence-electron chi connectivity index (χ1n) is 8.04. The summed E-state index contributed by atoms with van der Waals surface area (Å²) < 4.78 is 2.38. The van der Waals surface area contributed by atoms with Gasteiger partial charge in [-0.15, -0.1) is 0 Å². The van der Waals surface area contributed by atoms with E-state index in [1.54, 1.807) is 0 Å². The van der Waals surface area contributed by atoms with Crippen molar-refractivity contribution in [3.8, 4) is 0 Å². The molecule has 118 valence electrons. The monoisotopic (exact) mass is 299 g/mol. The van der Waals surface area contributed by atoms with Crippen LogP contribution in [0.15, 0.2) is 42.1 Å². The molecule has 0 saturated carbocycles. The minimum atomic E-state index is -0.880. The van der Waals surface area contributed by atoms with Gasteiger partial charge in [-0.3, -0.25) is 0 Å². The zero-order valence-corrected chi connectivity index (χ0v) is 13.7. The van der Waals surface area contributed by atoms with E-state index in [0.717, 1.165) is 17.6 Å². The van der Waals surface area contributed by atoms with E-state index in [-0.39, 0.29) is 0 Å². The lowest BCUT2D eigenvalue weighted by atomic mass is 10.0. The Labute approximate surface area is 132 Å². The number of carbonyl (C=O) groups is 1. The number of nitrogens with zero attached hydrogens (tertiary/aromatic N) is 1. The maximum Gasteiger partial charge on any atom is 0.328 e. The number of benzene rings is 1. The maximum atomic E-state index is 10.7. The Morgan fingerprint density at radius 3 is 2.73 bits per heavy atom. The zero-order chi connectivity index (χ0) is 16.1. The summed E-state index contributed by atoms with van der Waals surface area (Å²) in [5, 5.41) is 10.0. The van der Waals surface area contributed by atoms with Crippen molar-refractivity contribution in [2.45, 2.75) is 52.5 Å². The van der Waals surface area contributed by atoms with Crippen LogP contribution in [0, 0.1) is 0 Å². The largest absolute Gasteiger partial charge is 0.478 e. The van der Waals surface area contributed by atoms with Crippen LogP contribution in [0.3, 0.4) is 0 Å². The van der Waals surface area contributed by atoms with Crippen molar-refractivity contribution in [2.75, 3.05) is 0 Å². The smallest absolute Gasteiger partial charge is 0.328 e. The van der Waals surface area contributed by atoms with E-state index in [1.165, 1.54) is 29.8 Å². The zero-order valence-electron chi connectivity index (χ0n) is 13.7. The molecule has 1 heterocycles. The molecular weight excluding hydrogens is 274 g/mol. The Bertz CT molecular complexity index is 682. The molecule has 0 saturated heterocycles. The number of hydrogen-bond donors (Lipinski definition) is 1. The van der Waals surface area contributed by atoms with Gasteiger partial charge in [0.15, 0.2) is 0 Å². The summed E-state index contributed by atoms with van der Waals surface area (Å²) in [6.07, 6.45) is 7.67. The molecule has 22 heavy (non-hydrogen) atoms. The molecule has 0 aliphatic carbocycles. The van der Waals surface area contributed by atoms with Gasteiger partial charge in [0.05, 0.1) is 0 Å². The average Bonchev–Trinajstić information content (AvgIpc) is 2.86. The van der Waals surface area contributed by atoms with Gasteiger partial charge in [0.25, 0.3) is 0 Å². The topological polar surface area (TPSA) is 42.2 Å². The highest BCUT2D eigenvalue weighted by Gasteiger charge is 2.11. The second kappa shape index (κ2) is 7.30. The molecule has 1 unspecified atom stereocenters. The molecule has 3 heteroatoms. The summed E-state index contributed by atoms with van der Waals surface area (Å²) >= 11 is 0. The highest BCUT2D eigenvalue weighted by Crippen LogP contribution is 2.26. The number of hydrogen-bond acceptors (Lipinski definition) is 1. The van der Waals surface area contributed by atoms with Gasteiger partial charge in [0, 0.05) is 23.8 Å². The number of aromatic nitrogens is 1. The molecule has 0 aliphatic heterocycles. The first-order chi connectivity index (χ1) is 10.5. The van der Waals surface area contributed by atoms with Gasteiger partial charge >= 0.3 is 5.97 Å². The Morgan fingerprint density at radius 1 is 1.32 bits per heavy atom. The van der Waals surface area contributed by atoms with Crippen molar-refractivity contribution in [1.82, 2.24) is 4.57 Å². The fourth-order valence-corrected chi connectivity index (χ4v) is 3.10. The first kappa shape index (κ1) is 16.3. The highest BCUT2D eigenvalue weighted by molar-refractivity contribution is 5.82. The lowest BCUT2D eigenvalue weighted by Gasteiger charge is -2.17. The normalized spacial score (nSPS) is 13.5. The molecule has 1 aromatic heterocycles. The Balaban J connectivity index is 2.28. The number of allylic oxidation sites excluding steroid dienone is 1. The first-order valence-corrected chi connectivity index (χ1v) is 8.04. The van der Waals surface area contributed by atoms with Crippen molar-refractivity contribution < 1.29 is 9.90 Å². The highest BCUT2D eigenvalue weighted by atomic mass is 16.4. The van der Waals surface area contributed by atoms with Crippen molar-refractivity contribution in [2.24, 2.45) is 0 Å². The fraction of sp³-hybridized carbons (Fsp3) is 0.421. The van der Waals surface area contributed by atoms with Crippen molar-refractivity contribution in [3.05, 3.63) is 47.7 Å². The van der Waals surface area contributed by atoms with Crippen molar-refractivity contribution in [3.63, 3.8) is 0 Å². The summed E-state index contributed by atoms with van der Waals surface area (Å²) in [6.45, 7) is 6.32. The van der Waals surface area contributed by atoms with Gasteiger partial charge < -0.3 is 9.67 Å². The summed E-state index contributed by atoms with van der Waals surface area (Å²) in [5.74, 6) is -0.880. The van der Waals surface area contributed by atoms with E-state index in [2.05, 4.69) is 48.9 Å². The quantitative estimate of drug-likeness (QED) is 0.734. The molecule has 0 spiro atoms. The minimum absolute atomic E-state index is 0.557. The molecular formula is C19H25NO2. The van der Waals surface area contributed by atoms with Crippen LogP contribution in [0.5, 0.6) is 0 Å². The van der Waals surface area contributed by atoms with E-state index in [4.69, 9.17) is 5.11 Å². The predicted molar refractivity (Wildman–Crippen MR) is 91.3 cm³/mol. The summed E-state index contributed by atoms with van der Waals surface area (Å²) in [6, 6.07) is 9.16. The molecule has 1 atom stereocenters. The van der Waals surface area contributed by atoms with Crippen LogP contribution in [0.25, 0.3) is 10.9 Å². The van der Waals surface area contributed by atoms with Gasteiger partial charge in [-0.2, -0.15) is 0 Å². The van der Waals surface area contributed by atoms with Crippen LogP contribution in [-0.4, -0.2) is 15.6 Å². The summed E-state index contributed by atoms with van der Waals surface area (Å²) in [4.78, 5) is 10.7. The molecule has 0 fully saturated rings. The average molecular weight is 299 g/mol. The van der Waals surface area contributed by atoms with Gasteiger partial charge in [0.2, 0.25) is 0 Å². The van der Waals surface area contributed by atoms with Crippen molar-refractivity contribution in [1.29, 1.82) is 0 Å². The van der Waals surface area contributed by atoms with Gasteiger partial charge in [-0.25, -0.2) is 4.79 Å². The van der Waals surface area contributed by atoms with Crippen LogP contribution in [0.1, 0.15) is 51.6 Å². The SMILES string of the molecule is CCCC(CC)n1ccc2cc(CC(C)=CC(=O)O)ccc21. The Morgan fingerprint density at radius 2 is 2.09 bits per heavy atom. The third-order valence-corrected chi connectivity index (χ3v) is 4.12. The van der Waals surface area contributed by atoms with Crippen LogP contribution < -0.4 is 0 Å². The Kier molecular flexibility index (Phi) is 5.42. The van der Waals surface area contributed by atoms with E-state index in [9.17, 15) is 4.79 Å². The molecule has 0 aliphatic rings. The predicted octanol–water partition coefficient (Wildman–Crippen LogP) is 4.97. The number of rotatable bonds is 7. The lowest BCUT2D eigenvalue weighted by molar-refractivity contribution is -0.131. The second-order valence-electron chi connectivity index (χ2n) is 5.97. The molecule has 1 aromatic carbocycles. The number of aliphatic carboxylic acids is 1. The van der Waals surface area contributed by atoms with E-state index in [0.29, 0.717) is 12.5 Å². The van der Waals surface area contributed by atoms with Crippen molar-refractivity contribution >= 4 is 16.9 Å². The van der Waals surface area contributed by atoms with Crippen LogP contribution >= 0.6 is 0 Å². The molecule has 1 N–H and O–H groups in total. The fourth-order valence-electron chi connectivity index (χ4n) is 3.10. The number of carboxylic acids is 1. The standard InChI is InChI=1S/C19H25NO2/c1-4-6-17(5-2)20-10-9-16-13-15(7-8-18(16)20)11-14(3)12-19(21)22/h7-10,12-13,17H,4-6,11H2,1-3H3,(H,21,22). The van der Waals surface area contributed by atoms with E-state index in [1.807, 2.05) is 6.92 Å². The summed E-state index contributed by atoms with van der Waals surface area (Å²) in [5.41, 5.74) is 3.29. The van der Waals surface area contributed by atoms with Gasteiger partial charge in [-0.05, 0) is 55.3 Å². The second-order valence-corrected chi connectivity index (χ2v) is 5.97. The third kappa shape index (κ3) is 3.79.